The molecule has 0 aliphatic carbocycles. The number of benzene rings is 1. The normalized spacial score (nSPS) is 11.1. The molecule has 0 bridgehead atoms. The van der Waals surface area contributed by atoms with Crippen molar-refractivity contribution in [3.8, 4) is 6.07 Å². The molecule has 0 aliphatic heterocycles. The predicted octanol–water partition coefficient (Wildman–Crippen LogP) is 2.75. The van der Waals surface area contributed by atoms with Gasteiger partial charge in [-0.1, -0.05) is 26.8 Å². The maximum atomic E-state index is 9.08. The minimum absolute atomic E-state index is 0.0822. The Kier molecular flexibility index (Phi) is 2.53. The van der Waals surface area contributed by atoms with E-state index in [1.807, 2.05) is 19.1 Å². The summed E-state index contributed by atoms with van der Waals surface area (Å²) in [6, 6.07) is 5.99. The molecule has 0 spiro atoms. The smallest absolute Gasteiger partial charge is 0.0998 e. The summed E-state index contributed by atoms with van der Waals surface area (Å²) in [5.74, 6) is 0. The average Bonchev–Trinajstić information content (AvgIpc) is 2.06. The zero-order valence-electron chi connectivity index (χ0n) is 9.18. The molecular weight excluding hydrogens is 172 g/mol. The Hall–Kier alpha value is -1.49. The van der Waals surface area contributed by atoms with Crippen LogP contribution >= 0.6 is 0 Å². The first-order valence-electron chi connectivity index (χ1n) is 4.67. The van der Waals surface area contributed by atoms with Crippen LogP contribution in [0.2, 0.25) is 0 Å². The van der Waals surface area contributed by atoms with Gasteiger partial charge in [-0.3, -0.25) is 0 Å². The number of rotatable bonds is 0. The van der Waals surface area contributed by atoms with Crippen LogP contribution in [0.15, 0.2) is 12.1 Å². The van der Waals surface area contributed by atoms with Gasteiger partial charge in [-0.15, -0.1) is 0 Å². The predicted molar refractivity (Wildman–Crippen MR) is 59.0 cm³/mol. The number of aryl methyl sites for hydroxylation is 1. The van der Waals surface area contributed by atoms with Crippen molar-refractivity contribution in [2.45, 2.75) is 33.1 Å². The molecule has 1 rings (SSSR count). The second kappa shape index (κ2) is 3.34. The van der Waals surface area contributed by atoms with Crippen LogP contribution in [0.3, 0.4) is 0 Å². The highest BCUT2D eigenvalue weighted by Crippen LogP contribution is 2.32. The molecule has 2 N–H and O–H groups in total. The highest BCUT2D eigenvalue weighted by molar-refractivity contribution is 5.60. The topological polar surface area (TPSA) is 49.8 Å². The minimum atomic E-state index is -0.0822. The molecule has 0 unspecified atom stereocenters. The minimum Gasteiger partial charge on any atom is -0.398 e. The Balaban J connectivity index is 3.56. The van der Waals surface area contributed by atoms with Gasteiger partial charge < -0.3 is 5.73 Å². The fourth-order valence-electron chi connectivity index (χ4n) is 1.68. The molecule has 0 radical (unpaired) electrons. The van der Waals surface area contributed by atoms with Crippen LogP contribution in [0.4, 0.5) is 5.69 Å². The molecule has 0 aromatic heterocycles. The van der Waals surface area contributed by atoms with Gasteiger partial charge >= 0.3 is 0 Å². The lowest BCUT2D eigenvalue weighted by Gasteiger charge is -2.23. The molecule has 74 valence electrons. The number of hydrogen-bond donors (Lipinski definition) is 1. The molecule has 0 amide bonds. The molecule has 0 atom stereocenters. The summed E-state index contributed by atoms with van der Waals surface area (Å²) in [4.78, 5) is 0. The fraction of sp³-hybridized carbons (Fsp3) is 0.417. The Morgan fingerprint density at radius 2 is 1.86 bits per heavy atom. The molecule has 2 heteroatoms. The van der Waals surface area contributed by atoms with Gasteiger partial charge in [-0.25, -0.2) is 0 Å². The third kappa shape index (κ3) is 1.72. The summed E-state index contributed by atoms with van der Waals surface area (Å²) in [6.45, 7) is 8.14. The number of anilines is 1. The number of nitriles is 1. The first-order chi connectivity index (χ1) is 6.38. The molecule has 0 saturated heterocycles. The van der Waals surface area contributed by atoms with Crippen molar-refractivity contribution in [2.75, 3.05) is 5.73 Å². The number of nitrogen functional groups attached to an aromatic ring is 1. The summed E-state index contributed by atoms with van der Waals surface area (Å²) >= 11 is 0. The van der Waals surface area contributed by atoms with Gasteiger partial charge in [0.2, 0.25) is 0 Å². The maximum absolute atomic E-state index is 9.08. The summed E-state index contributed by atoms with van der Waals surface area (Å²) < 4.78 is 0. The molecule has 0 heterocycles. The van der Waals surface area contributed by atoms with Crippen molar-refractivity contribution in [1.29, 1.82) is 5.26 Å². The van der Waals surface area contributed by atoms with Crippen LogP contribution in [0.5, 0.6) is 0 Å². The fourth-order valence-corrected chi connectivity index (χ4v) is 1.68. The van der Waals surface area contributed by atoms with Gasteiger partial charge in [-0.05, 0) is 29.5 Å². The van der Waals surface area contributed by atoms with Crippen LogP contribution in [-0.2, 0) is 5.41 Å². The van der Waals surface area contributed by atoms with Gasteiger partial charge in [0.15, 0.2) is 0 Å². The Morgan fingerprint density at radius 3 is 2.21 bits per heavy atom. The van der Waals surface area contributed by atoms with Crippen LogP contribution in [0.1, 0.15) is 37.5 Å². The lowest BCUT2D eigenvalue weighted by Crippen LogP contribution is -2.16. The van der Waals surface area contributed by atoms with Crippen molar-refractivity contribution in [3.05, 3.63) is 28.8 Å². The van der Waals surface area contributed by atoms with E-state index < -0.39 is 0 Å². The second-order valence-corrected chi connectivity index (χ2v) is 4.58. The molecule has 0 aliphatic rings. The van der Waals surface area contributed by atoms with E-state index in [4.69, 9.17) is 11.0 Å². The lowest BCUT2D eigenvalue weighted by atomic mass is 9.81. The molecule has 1 aromatic carbocycles. The van der Waals surface area contributed by atoms with Crippen molar-refractivity contribution in [1.82, 2.24) is 0 Å². The number of nitrogens with zero attached hydrogens (tertiary/aromatic N) is 1. The largest absolute Gasteiger partial charge is 0.398 e. The van der Waals surface area contributed by atoms with Crippen LogP contribution < -0.4 is 5.73 Å². The van der Waals surface area contributed by atoms with Crippen molar-refractivity contribution >= 4 is 5.69 Å². The van der Waals surface area contributed by atoms with Crippen molar-refractivity contribution < 1.29 is 0 Å². The van der Waals surface area contributed by atoms with Crippen LogP contribution in [-0.4, -0.2) is 0 Å². The Morgan fingerprint density at radius 1 is 1.29 bits per heavy atom. The van der Waals surface area contributed by atoms with E-state index in [0.29, 0.717) is 5.69 Å². The van der Waals surface area contributed by atoms with Gasteiger partial charge in [-0.2, -0.15) is 5.26 Å². The third-order valence-corrected chi connectivity index (χ3v) is 2.31. The first-order valence-corrected chi connectivity index (χ1v) is 4.67. The standard InChI is InChI=1S/C12H16N2/c1-8-5-6-10(14)11(9(8)7-13)12(2,3)4/h5-6H,14H2,1-4H3. The van der Waals surface area contributed by atoms with E-state index in [1.54, 1.807) is 0 Å². The SMILES string of the molecule is Cc1ccc(N)c(C(C)(C)C)c1C#N. The zero-order valence-corrected chi connectivity index (χ0v) is 9.18. The molecule has 14 heavy (non-hydrogen) atoms. The summed E-state index contributed by atoms with van der Waals surface area (Å²) in [7, 11) is 0. The second-order valence-electron chi connectivity index (χ2n) is 4.58. The Bertz CT molecular complexity index is 392. The summed E-state index contributed by atoms with van der Waals surface area (Å²) in [5.41, 5.74) is 9.20. The number of hydrogen-bond acceptors (Lipinski definition) is 2. The van der Waals surface area contributed by atoms with Gasteiger partial charge in [0.05, 0.1) is 11.6 Å². The third-order valence-electron chi connectivity index (χ3n) is 2.31. The molecular formula is C12H16N2. The molecule has 1 aromatic rings. The first kappa shape index (κ1) is 10.6. The van der Waals surface area contributed by atoms with Crippen LogP contribution in [0, 0.1) is 18.3 Å². The molecule has 0 fully saturated rings. The van der Waals surface area contributed by atoms with E-state index in [-0.39, 0.29) is 5.41 Å². The summed E-state index contributed by atoms with van der Waals surface area (Å²) in [5, 5.41) is 9.08. The van der Waals surface area contributed by atoms with E-state index in [2.05, 4.69) is 26.8 Å². The van der Waals surface area contributed by atoms with E-state index in [9.17, 15) is 0 Å². The number of nitrogens with two attached hydrogens (primary N) is 1. The maximum Gasteiger partial charge on any atom is 0.0998 e. The van der Waals surface area contributed by atoms with Gasteiger partial charge in [0.1, 0.15) is 0 Å². The average molecular weight is 188 g/mol. The van der Waals surface area contributed by atoms with Gasteiger partial charge in [0.25, 0.3) is 0 Å². The lowest BCUT2D eigenvalue weighted by molar-refractivity contribution is 0.590. The van der Waals surface area contributed by atoms with E-state index >= 15 is 0 Å². The monoisotopic (exact) mass is 188 g/mol. The van der Waals surface area contributed by atoms with E-state index in [1.165, 1.54) is 0 Å². The summed E-state index contributed by atoms with van der Waals surface area (Å²) in [6.07, 6.45) is 0. The van der Waals surface area contributed by atoms with Gasteiger partial charge in [0, 0.05) is 5.69 Å². The molecule has 2 nitrogen and oxygen atoms in total. The highest BCUT2D eigenvalue weighted by Gasteiger charge is 2.21. The van der Waals surface area contributed by atoms with Crippen molar-refractivity contribution in [3.63, 3.8) is 0 Å². The Labute approximate surface area is 85.4 Å². The van der Waals surface area contributed by atoms with E-state index in [0.717, 1.165) is 16.7 Å². The van der Waals surface area contributed by atoms with Crippen molar-refractivity contribution in [2.24, 2.45) is 0 Å². The highest BCUT2D eigenvalue weighted by atomic mass is 14.6. The molecule has 0 saturated carbocycles. The van der Waals surface area contributed by atoms with Crippen LogP contribution in [0.25, 0.3) is 0 Å². The zero-order chi connectivity index (χ0) is 10.9. The quantitative estimate of drug-likeness (QED) is 0.636.